The summed E-state index contributed by atoms with van der Waals surface area (Å²) in [6.45, 7) is 16.8. The van der Waals surface area contributed by atoms with Gasteiger partial charge in [0.1, 0.15) is 6.04 Å². The van der Waals surface area contributed by atoms with E-state index in [1.165, 1.54) is 6.92 Å². The molecule has 0 aliphatic rings. The van der Waals surface area contributed by atoms with Gasteiger partial charge in [-0.15, -0.1) is 0 Å². The molecule has 0 aromatic rings. The summed E-state index contributed by atoms with van der Waals surface area (Å²) in [4.78, 5) is 33.8. The molecule has 2 amide bonds. The summed E-state index contributed by atoms with van der Waals surface area (Å²) >= 11 is 0. The van der Waals surface area contributed by atoms with Crippen molar-refractivity contribution in [2.24, 2.45) is 5.41 Å². The van der Waals surface area contributed by atoms with Crippen LogP contribution in [0.5, 0.6) is 0 Å². The summed E-state index contributed by atoms with van der Waals surface area (Å²) in [5.74, 6) is -1.81. The van der Waals surface area contributed by atoms with Crippen LogP contribution in [0.2, 0.25) is 0 Å². The third-order valence-corrected chi connectivity index (χ3v) is 3.73. The molecule has 0 bridgehead atoms. The van der Waals surface area contributed by atoms with Gasteiger partial charge < -0.3 is 20.5 Å². The Hall–Kier alpha value is -1.63. The van der Waals surface area contributed by atoms with Crippen LogP contribution in [0.4, 0.5) is 0 Å². The fourth-order valence-electron chi connectivity index (χ4n) is 2.08. The van der Waals surface area contributed by atoms with E-state index in [1.54, 1.807) is 0 Å². The van der Waals surface area contributed by atoms with Crippen molar-refractivity contribution < 1.29 is 24.2 Å². The molecule has 0 saturated carbocycles. The van der Waals surface area contributed by atoms with E-state index < -0.39 is 17.9 Å². The monoisotopic (exact) mass is 388 g/mol. The van der Waals surface area contributed by atoms with Crippen molar-refractivity contribution in [3.63, 3.8) is 0 Å². The van der Waals surface area contributed by atoms with Gasteiger partial charge in [-0.1, -0.05) is 34.6 Å². The Bertz CT molecular complexity index is 456. The molecule has 0 heterocycles. The van der Waals surface area contributed by atoms with E-state index in [0.29, 0.717) is 19.6 Å². The molecule has 0 spiro atoms. The Labute approximate surface area is 164 Å². The van der Waals surface area contributed by atoms with E-state index in [1.807, 2.05) is 27.7 Å². The predicted molar refractivity (Wildman–Crippen MR) is 108 cm³/mol. The Morgan fingerprint density at radius 2 is 1.59 bits per heavy atom. The molecule has 0 rings (SSSR count). The van der Waals surface area contributed by atoms with Gasteiger partial charge in [-0.3, -0.25) is 9.59 Å². The average molecular weight is 389 g/mol. The normalized spacial score (nSPS) is 12.4. The smallest absolute Gasteiger partial charge is 0.326 e. The summed E-state index contributed by atoms with van der Waals surface area (Å²) in [6, 6.07) is -1.04. The van der Waals surface area contributed by atoms with Crippen LogP contribution >= 0.6 is 0 Å². The van der Waals surface area contributed by atoms with Gasteiger partial charge in [0, 0.05) is 26.5 Å². The molecule has 3 N–H and O–H groups in total. The predicted octanol–water partition coefficient (Wildman–Crippen LogP) is 3.12. The van der Waals surface area contributed by atoms with Gasteiger partial charge in [0.05, 0.1) is 5.60 Å². The second-order valence-electron chi connectivity index (χ2n) is 8.15. The zero-order valence-electron chi connectivity index (χ0n) is 18.4. The SMILES string of the molecule is CC.CC(=O)NC(CCC(=O)NCCC(C)(C)OCCC(C)(C)C)C(=O)O. The number of carbonyl (C=O) groups is 3. The lowest BCUT2D eigenvalue weighted by Gasteiger charge is -2.28. The number of hydrogen-bond donors (Lipinski definition) is 3. The van der Waals surface area contributed by atoms with E-state index in [2.05, 4.69) is 31.4 Å². The van der Waals surface area contributed by atoms with Crippen LogP contribution in [0.25, 0.3) is 0 Å². The average Bonchev–Trinajstić information content (AvgIpc) is 2.51. The van der Waals surface area contributed by atoms with Crippen molar-refractivity contribution in [2.45, 2.75) is 92.7 Å². The Balaban J connectivity index is 0. The molecule has 160 valence electrons. The zero-order valence-corrected chi connectivity index (χ0v) is 18.4. The number of carbonyl (C=O) groups excluding carboxylic acids is 2. The van der Waals surface area contributed by atoms with Crippen molar-refractivity contribution in [1.29, 1.82) is 0 Å². The van der Waals surface area contributed by atoms with E-state index in [-0.39, 0.29) is 29.8 Å². The van der Waals surface area contributed by atoms with Crippen molar-refractivity contribution in [2.75, 3.05) is 13.2 Å². The number of aliphatic carboxylic acids is 1. The fourth-order valence-corrected chi connectivity index (χ4v) is 2.08. The molecule has 7 heteroatoms. The number of carboxylic acids is 1. The molecule has 0 radical (unpaired) electrons. The summed E-state index contributed by atoms with van der Waals surface area (Å²) in [5, 5.41) is 14.1. The number of rotatable bonds is 11. The minimum Gasteiger partial charge on any atom is -0.480 e. The van der Waals surface area contributed by atoms with Crippen LogP contribution < -0.4 is 10.6 Å². The van der Waals surface area contributed by atoms with Crippen LogP contribution in [0.3, 0.4) is 0 Å². The highest BCUT2D eigenvalue weighted by Crippen LogP contribution is 2.21. The first-order chi connectivity index (χ1) is 12.3. The third kappa shape index (κ3) is 17.5. The molecular weight excluding hydrogens is 348 g/mol. The molecular formula is C20H40N2O5. The van der Waals surface area contributed by atoms with Gasteiger partial charge in [-0.25, -0.2) is 4.79 Å². The van der Waals surface area contributed by atoms with Crippen molar-refractivity contribution >= 4 is 17.8 Å². The first-order valence-corrected chi connectivity index (χ1v) is 9.73. The molecule has 1 unspecified atom stereocenters. The molecule has 0 aliphatic carbocycles. The van der Waals surface area contributed by atoms with Crippen molar-refractivity contribution in [1.82, 2.24) is 10.6 Å². The maximum Gasteiger partial charge on any atom is 0.326 e. The van der Waals surface area contributed by atoms with E-state index in [0.717, 1.165) is 6.42 Å². The van der Waals surface area contributed by atoms with Crippen LogP contribution in [0.1, 0.15) is 81.1 Å². The van der Waals surface area contributed by atoms with Crippen molar-refractivity contribution in [3.8, 4) is 0 Å². The van der Waals surface area contributed by atoms with Crippen molar-refractivity contribution in [3.05, 3.63) is 0 Å². The minimum absolute atomic E-state index is 0.0442. The maximum atomic E-state index is 11.8. The third-order valence-electron chi connectivity index (χ3n) is 3.73. The zero-order chi connectivity index (χ0) is 21.7. The lowest BCUT2D eigenvalue weighted by molar-refractivity contribution is -0.141. The second-order valence-corrected chi connectivity index (χ2v) is 8.15. The van der Waals surface area contributed by atoms with E-state index >= 15 is 0 Å². The lowest BCUT2D eigenvalue weighted by Crippen LogP contribution is -2.40. The highest BCUT2D eigenvalue weighted by molar-refractivity contribution is 5.83. The highest BCUT2D eigenvalue weighted by atomic mass is 16.5. The Kier molecular flexibility index (Phi) is 13.8. The summed E-state index contributed by atoms with van der Waals surface area (Å²) < 4.78 is 5.88. The quantitative estimate of drug-likeness (QED) is 0.504. The number of nitrogens with one attached hydrogen (secondary N) is 2. The number of carboxylic acid groups (broad SMARTS) is 1. The second kappa shape index (κ2) is 13.5. The molecule has 7 nitrogen and oxygen atoms in total. The molecule has 0 aliphatic heterocycles. The molecule has 0 aromatic heterocycles. The van der Waals surface area contributed by atoms with Crippen LogP contribution in [-0.4, -0.2) is 47.7 Å². The lowest BCUT2D eigenvalue weighted by atomic mass is 9.93. The molecule has 0 aromatic carbocycles. The highest BCUT2D eigenvalue weighted by Gasteiger charge is 2.21. The van der Waals surface area contributed by atoms with E-state index in [9.17, 15) is 14.4 Å². The van der Waals surface area contributed by atoms with E-state index in [4.69, 9.17) is 9.84 Å². The first kappa shape index (κ1) is 27.6. The standard InChI is InChI=1S/C18H34N2O5.C2H6/c1-13(21)20-14(16(23)24)7-8-15(22)19-11-9-18(5,6)25-12-10-17(2,3)4;1-2/h14H,7-12H2,1-6H3,(H,19,22)(H,20,21)(H,23,24);1-2H3. The van der Waals surface area contributed by atoms with Gasteiger partial charge in [0.15, 0.2) is 0 Å². The van der Waals surface area contributed by atoms with Gasteiger partial charge in [-0.2, -0.15) is 0 Å². The van der Waals surface area contributed by atoms with Gasteiger partial charge >= 0.3 is 5.97 Å². The Morgan fingerprint density at radius 3 is 2.04 bits per heavy atom. The maximum absolute atomic E-state index is 11.8. The summed E-state index contributed by atoms with van der Waals surface area (Å²) in [6.07, 6.45) is 1.73. The molecule has 27 heavy (non-hydrogen) atoms. The van der Waals surface area contributed by atoms with Crippen LogP contribution in [-0.2, 0) is 19.1 Å². The molecule has 0 saturated heterocycles. The molecule has 0 fully saturated rings. The van der Waals surface area contributed by atoms with Gasteiger partial charge in [0.25, 0.3) is 0 Å². The summed E-state index contributed by atoms with van der Waals surface area (Å²) in [5.41, 5.74) is -0.114. The number of ether oxygens (including phenoxy) is 1. The largest absolute Gasteiger partial charge is 0.480 e. The van der Waals surface area contributed by atoms with Gasteiger partial charge in [-0.05, 0) is 38.5 Å². The minimum atomic E-state index is -1.14. The fraction of sp³-hybridized carbons (Fsp3) is 0.850. The summed E-state index contributed by atoms with van der Waals surface area (Å²) in [7, 11) is 0. The van der Waals surface area contributed by atoms with Crippen LogP contribution in [0, 0.1) is 5.41 Å². The topological polar surface area (TPSA) is 105 Å². The Morgan fingerprint density at radius 1 is 1.04 bits per heavy atom. The number of amides is 2. The number of hydrogen-bond acceptors (Lipinski definition) is 4. The molecule has 1 atom stereocenters. The van der Waals surface area contributed by atoms with Crippen LogP contribution in [0.15, 0.2) is 0 Å². The van der Waals surface area contributed by atoms with Gasteiger partial charge in [0.2, 0.25) is 11.8 Å². The first-order valence-electron chi connectivity index (χ1n) is 9.73.